The van der Waals surface area contributed by atoms with Crippen LogP contribution in [0.5, 0.6) is 11.5 Å². The van der Waals surface area contributed by atoms with E-state index in [9.17, 15) is 18.0 Å². The second-order valence-corrected chi connectivity index (χ2v) is 7.76. The molecule has 0 radical (unpaired) electrons. The predicted octanol–water partition coefficient (Wildman–Crippen LogP) is 4.37. The summed E-state index contributed by atoms with van der Waals surface area (Å²) in [6, 6.07) is 12.3. The lowest BCUT2D eigenvalue weighted by Crippen LogP contribution is -2.23. The highest BCUT2D eigenvalue weighted by atomic mass is 19.4. The maximum absolute atomic E-state index is 13.7. The minimum Gasteiger partial charge on any atom is -0.497 e. The highest BCUT2D eigenvalue weighted by Crippen LogP contribution is 2.30. The monoisotopic (exact) mass is 468 g/mol. The summed E-state index contributed by atoms with van der Waals surface area (Å²) in [6.45, 7) is -0.700. The highest BCUT2D eigenvalue weighted by Gasteiger charge is 2.27. The zero-order chi connectivity index (χ0) is 23.9. The summed E-state index contributed by atoms with van der Waals surface area (Å²) in [4.78, 5) is 22.0. The number of anilines is 1. The average molecular weight is 468 g/mol. The Morgan fingerprint density at radius 3 is 2.71 bits per heavy atom. The van der Waals surface area contributed by atoms with Crippen LogP contribution in [0.15, 0.2) is 59.7 Å². The van der Waals surface area contributed by atoms with Crippen molar-refractivity contribution in [2.75, 3.05) is 25.6 Å². The fraction of sp³-hybridized carbons (Fsp3) is 0.208. The number of ether oxygens (including phenoxy) is 2. The summed E-state index contributed by atoms with van der Waals surface area (Å²) in [7, 11) is 1.53. The first-order chi connectivity index (χ1) is 16.3. The molecule has 1 N–H and O–H groups in total. The molecule has 0 amide bonds. The van der Waals surface area contributed by atoms with Crippen molar-refractivity contribution >= 4 is 16.9 Å². The van der Waals surface area contributed by atoms with Crippen molar-refractivity contribution < 1.29 is 22.6 Å². The molecule has 3 heterocycles. The molecule has 0 saturated carbocycles. The molecule has 0 unspecified atom stereocenters. The zero-order valence-corrected chi connectivity index (χ0v) is 18.0. The molecular weight excluding hydrogens is 449 g/mol. The smallest absolute Gasteiger partial charge is 0.405 e. The molecule has 7 nitrogen and oxygen atoms in total. The van der Waals surface area contributed by atoms with E-state index < -0.39 is 12.7 Å². The Morgan fingerprint density at radius 2 is 1.97 bits per heavy atom. The molecule has 0 bridgehead atoms. The lowest BCUT2D eigenvalue weighted by Gasteiger charge is -2.14. The Balaban J connectivity index is 1.70. The third-order valence-electron chi connectivity index (χ3n) is 5.53. The topological polar surface area (TPSA) is 78.3 Å². The molecule has 34 heavy (non-hydrogen) atoms. The number of methoxy groups -OCH3 is 1. The van der Waals surface area contributed by atoms with Gasteiger partial charge in [-0.2, -0.15) is 13.2 Å². The summed E-state index contributed by atoms with van der Waals surface area (Å²) < 4.78 is 50.3. The number of rotatable bonds is 5. The first kappa shape index (κ1) is 21.7. The second-order valence-electron chi connectivity index (χ2n) is 7.76. The summed E-state index contributed by atoms with van der Waals surface area (Å²) in [5, 5.41) is 2.68. The van der Waals surface area contributed by atoms with E-state index in [0.29, 0.717) is 29.0 Å². The summed E-state index contributed by atoms with van der Waals surface area (Å²) in [6.07, 6.45) is -0.692. The molecule has 0 saturated heterocycles. The number of hydrogen-bond donors (Lipinski definition) is 1. The highest BCUT2D eigenvalue weighted by molar-refractivity contribution is 5.93. The largest absolute Gasteiger partial charge is 0.497 e. The molecule has 174 valence electrons. The Labute approximate surface area is 191 Å². The van der Waals surface area contributed by atoms with Gasteiger partial charge in [0.25, 0.3) is 5.56 Å². The zero-order valence-electron chi connectivity index (χ0n) is 18.0. The molecule has 2 aromatic heterocycles. The standard InChI is InChI=1S/C24H19F3N4O3/c1-33-18-5-2-14(3-6-18)20-21-16(11-28-23(30-21)29-13-24(25,26)27)12-31(22(20)32)17-4-7-19-15(10-17)8-9-34-19/h2-7,10-12H,8-9,13H2,1H3,(H,29,30). The van der Waals surface area contributed by atoms with E-state index in [0.717, 1.165) is 17.7 Å². The van der Waals surface area contributed by atoms with Crippen LogP contribution in [0.4, 0.5) is 19.1 Å². The number of pyridine rings is 1. The van der Waals surface area contributed by atoms with Crippen molar-refractivity contribution in [3.63, 3.8) is 0 Å². The quantitative estimate of drug-likeness (QED) is 0.469. The van der Waals surface area contributed by atoms with Gasteiger partial charge >= 0.3 is 6.18 Å². The molecule has 0 spiro atoms. The van der Waals surface area contributed by atoms with Gasteiger partial charge in [-0.15, -0.1) is 0 Å². The van der Waals surface area contributed by atoms with E-state index in [2.05, 4.69) is 15.3 Å². The van der Waals surface area contributed by atoms with Gasteiger partial charge in [0, 0.05) is 29.9 Å². The molecule has 0 aliphatic carbocycles. The van der Waals surface area contributed by atoms with Crippen molar-refractivity contribution in [1.29, 1.82) is 0 Å². The maximum atomic E-state index is 13.7. The fourth-order valence-electron chi connectivity index (χ4n) is 3.90. The number of hydrogen-bond acceptors (Lipinski definition) is 6. The van der Waals surface area contributed by atoms with Gasteiger partial charge in [0.2, 0.25) is 5.95 Å². The summed E-state index contributed by atoms with van der Waals surface area (Å²) in [5.74, 6) is 1.17. The number of halogens is 3. The molecular formula is C24H19F3N4O3. The first-order valence-corrected chi connectivity index (χ1v) is 10.5. The molecule has 4 aromatic rings. The molecule has 1 aliphatic rings. The Morgan fingerprint density at radius 1 is 1.18 bits per heavy atom. The van der Waals surface area contributed by atoms with E-state index in [1.54, 1.807) is 36.5 Å². The maximum Gasteiger partial charge on any atom is 0.405 e. The Kier molecular flexibility index (Phi) is 5.35. The van der Waals surface area contributed by atoms with Crippen molar-refractivity contribution in [3.8, 4) is 28.3 Å². The molecule has 10 heteroatoms. The number of aromatic nitrogens is 3. The minimum absolute atomic E-state index is 0.216. The van der Waals surface area contributed by atoms with E-state index >= 15 is 0 Å². The lowest BCUT2D eigenvalue weighted by molar-refractivity contribution is -0.115. The number of nitrogens with one attached hydrogen (secondary N) is 1. The van der Waals surface area contributed by atoms with Crippen LogP contribution in [0, 0.1) is 0 Å². The second kappa shape index (κ2) is 8.36. The molecule has 2 aromatic carbocycles. The van der Waals surface area contributed by atoms with Crippen LogP contribution in [0.25, 0.3) is 27.7 Å². The van der Waals surface area contributed by atoms with Crippen molar-refractivity contribution in [2.45, 2.75) is 12.6 Å². The third-order valence-corrected chi connectivity index (χ3v) is 5.53. The number of alkyl halides is 3. The number of fused-ring (bicyclic) bond motifs is 2. The fourth-order valence-corrected chi connectivity index (χ4v) is 3.90. The van der Waals surface area contributed by atoms with Crippen LogP contribution in [-0.4, -0.2) is 41.0 Å². The van der Waals surface area contributed by atoms with Gasteiger partial charge in [-0.05, 0) is 41.5 Å². The van der Waals surface area contributed by atoms with Gasteiger partial charge in [-0.3, -0.25) is 9.36 Å². The molecule has 0 atom stereocenters. The SMILES string of the molecule is COc1ccc(-c2c(=O)n(-c3ccc4c(c3)CCO4)cc3cnc(NCC(F)(F)F)nc23)cc1. The van der Waals surface area contributed by atoms with Crippen LogP contribution in [0.1, 0.15) is 5.56 Å². The van der Waals surface area contributed by atoms with Crippen LogP contribution < -0.4 is 20.3 Å². The number of benzene rings is 2. The van der Waals surface area contributed by atoms with E-state index in [1.165, 1.54) is 17.9 Å². The van der Waals surface area contributed by atoms with Crippen molar-refractivity contribution in [3.05, 3.63) is 70.8 Å². The summed E-state index contributed by atoms with van der Waals surface area (Å²) in [5.41, 5.74) is 2.32. The molecule has 5 rings (SSSR count). The first-order valence-electron chi connectivity index (χ1n) is 10.5. The van der Waals surface area contributed by atoms with E-state index in [1.807, 2.05) is 12.1 Å². The van der Waals surface area contributed by atoms with E-state index in [4.69, 9.17) is 9.47 Å². The summed E-state index contributed by atoms with van der Waals surface area (Å²) >= 11 is 0. The van der Waals surface area contributed by atoms with Crippen molar-refractivity contribution in [1.82, 2.24) is 14.5 Å². The Bertz CT molecular complexity index is 1430. The average Bonchev–Trinajstić information content (AvgIpc) is 3.30. The minimum atomic E-state index is -4.43. The van der Waals surface area contributed by atoms with E-state index in [-0.39, 0.29) is 22.6 Å². The van der Waals surface area contributed by atoms with Gasteiger partial charge in [0.05, 0.1) is 24.8 Å². The van der Waals surface area contributed by atoms with Crippen LogP contribution in [0.3, 0.4) is 0 Å². The van der Waals surface area contributed by atoms with Crippen LogP contribution in [0.2, 0.25) is 0 Å². The predicted molar refractivity (Wildman–Crippen MR) is 121 cm³/mol. The van der Waals surface area contributed by atoms with Gasteiger partial charge in [0.15, 0.2) is 0 Å². The number of nitrogens with zero attached hydrogens (tertiary/aromatic N) is 3. The van der Waals surface area contributed by atoms with Gasteiger partial charge in [0.1, 0.15) is 18.0 Å². The Hall–Kier alpha value is -4.08. The van der Waals surface area contributed by atoms with Crippen LogP contribution in [-0.2, 0) is 6.42 Å². The van der Waals surface area contributed by atoms with Crippen LogP contribution >= 0.6 is 0 Å². The van der Waals surface area contributed by atoms with Crippen molar-refractivity contribution in [2.24, 2.45) is 0 Å². The normalized spacial score (nSPS) is 12.9. The third kappa shape index (κ3) is 4.14. The lowest BCUT2D eigenvalue weighted by atomic mass is 10.0. The molecule has 1 aliphatic heterocycles. The van der Waals surface area contributed by atoms with Gasteiger partial charge < -0.3 is 14.8 Å². The molecule has 0 fully saturated rings. The van der Waals surface area contributed by atoms with Gasteiger partial charge in [-0.25, -0.2) is 9.97 Å². The van der Waals surface area contributed by atoms with Gasteiger partial charge in [-0.1, -0.05) is 12.1 Å².